The summed E-state index contributed by atoms with van der Waals surface area (Å²) in [5.74, 6) is -1.05. The Morgan fingerprint density at radius 2 is 2.00 bits per heavy atom. The molecule has 9 heteroatoms. The first-order valence-electron chi connectivity index (χ1n) is 9.26. The van der Waals surface area contributed by atoms with E-state index in [1.165, 1.54) is 28.0 Å². The summed E-state index contributed by atoms with van der Waals surface area (Å²) in [6, 6.07) is 12.0. The van der Waals surface area contributed by atoms with E-state index in [0.29, 0.717) is 15.4 Å². The monoisotopic (exact) mass is 473 g/mol. The summed E-state index contributed by atoms with van der Waals surface area (Å²) in [6.07, 6.45) is 0. The van der Waals surface area contributed by atoms with Gasteiger partial charge in [0.1, 0.15) is 10.5 Å². The first kappa shape index (κ1) is 21.5. The Kier molecular flexibility index (Phi) is 6.13. The fourth-order valence-electron chi connectivity index (χ4n) is 3.00. The Bertz CT molecular complexity index is 1350. The second-order valence-corrected chi connectivity index (χ2v) is 9.17. The maximum Gasteiger partial charge on any atom is 0.271 e. The van der Waals surface area contributed by atoms with Gasteiger partial charge in [-0.3, -0.25) is 14.2 Å². The first-order chi connectivity index (χ1) is 14.8. The van der Waals surface area contributed by atoms with Crippen molar-refractivity contribution in [2.45, 2.75) is 12.1 Å². The minimum Gasteiger partial charge on any atom is -0.323 e. The zero-order chi connectivity index (χ0) is 22.1. The molecule has 158 valence electrons. The smallest absolute Gasteiger partial charge is 0.271 e. The van der Waals surface area contributed by atoms with Crippen LogP contribution in [0.1, 0.15) is 5.56 Å². The summed E-state index contributed by atoms with van der Waals surface area (Å²) >= 11 is 8.21. The van der Waals surface area contributed by atoms with E-state index in [2.05, 4.69) is 10.3 Å². The Labute approximate surface area is 190 Å². The van der Waals surface area contributed by atoms with Gasteiger partial charge in [-0.05, 0) is 30.7 Å². The van der Waals surface area contributed by atoms with Crippen molar-refractivity contribution in [1.82, 2.24) is 9.55 Å². The number of carbonyl (C=O) groups excluding carboxylic acids is 1. The van der Waals surface area contributed by atoms with Gasteiger partial charge < -0.3 is 5.32 Å². The van der Waals surface area contributed by atoms with Crippen LogP contribution in [-0.4, -0.2) is 21.2 Å². The van der Waals surface area contributed by atoms with Crippen LogP contribution in [0, 0.1) is 12.7 Å². The number of anilines is 1. The SMILES string of the molecule is Cc1ccc(-c2csc3c(=O)n(C)c(SCC(=O)Nc4ccc(Cl)cc4F)nc23)cc1. The maximum atomic E-state index is 13.9. The van der Waals surface area contributed by atoms with Crippen molar-refractivity contribution in [3.05, 3.63) is 74.6 Å². The van der Waals surface area contributed by atoms with E-state index in [4.69, 9.17) is 11.6 Å². The number of hydrogen-bond acceptors (Lipinski definition) is 5. The van der Waals surface area contributed by atoms with Crippen molar-refractivity contribution < 1.29 is 9.18 Å². The van der Waals surface area contributed by atoms with Crippen LogP contribution in [-0.2, 0) is 11.8 Å². The number of aryl methyl sites for hydroxylation is 1. The number of hydrogen-bond donors (Lipinski definition) is 1. The number of halogens is 2. The molecule has 0 saturated carbocycles. The Morgan fingerprint density at radius 1 is 1.26 bits per heavy atom. The number of benzene rings is 2. The van der Waals surface area contributed by atoms with Gasteiger partial charge in [0, 0.05) is 23.0 Å². The molecule has 1 amide bonds. The average molecular weight is 474 g/mol. The van der Waals surface area contributed by atoms with Crippen molar-refractivity contribution in [3.63, 3.8) is 0 Å². The molecular formula is C22H17ClFN3O2S2. The number of nitrogens with one attached hydrogen (secondary N) is 1. The minimum absolute atomic E-state index is 0.0299. The highest BCUT2D eigenvalue weighted by atomic mass is 35.5. The van der Waals surface area contributed by atoms with Gasteiger partial charge in [-0.2, -0.15) is 0 Å². The zero-order valence-electron chi connectivity index (χ0n) is 16.6. The summed E-state index contributed by atoms with van der Waals surface area (Å²) in [6.45, 7) is 2.01. The largest absolute Gasteiger partial charge is 0.323 e. The lowest BCUT2D eigenvalue weighted by Crippen LogP contribution is -2.21. The molecule has 2 aromatic heterocycles. The third kappa shape index (κ3) is 4.51. The quantitative estimate of drug-likeness (QED) is 0.307. The molecule has 2 heterocycles. The summed E-state index contributed by atoms with van der Waals surface area (Å²) in [4.78, 5) is 29.8. The third-order valence-corrected chi connectivity index (χ3v) is 6.88. The lowest BCUT2D eigenvalue weighted by Gasteiger charge is -2.09. The number of aromatic nitrogens is 2. The molecule has 31 heavy (non-hydrogen) atoms. The van der Waals surface area contributed by atoms with Gasteiger partial charge in [0.15, 0.2) is 5.16 Å². The molecular weight excluding hydrogens is 457 g/mol. The molecule has 0 radical (unpaired) electrons. The number of thiophene rings is 1. The number of thioether (sulfide) groups is 1. The molecule has 0 unspecified atom stereocenters. The van der Waals surface area contributed by atoms with Gasteiger partial charge in [0.2, 0.25) is 5.91 Å². The highest BCUT2D eigenvalue weighted by Gasteiger charge is 2.16. The molecule has 0 aliphatic heterocycles. The number of nitrogens with zero attached hydrogens (tertiary/aromatic N) is 2. The maximum absolute atomic E-state index is 13.9. The molecule has 5 nitrogen and oxygen atoms in total. The van der Waals surface area contributed by atoms with Crippen molar-refractivity contribution >= 4 is 56.5 Å². The van der Waals surface area contributed by atoms with Crippen molar-refractivity contribution in [2.75, 3.05) is 11.1 Å². The number of carbonyl (C=O) groups is 1. The van der Waals surface area contributed by atoms with Gasteiger partial charge >= 0.3 is 0 Å². The van der Waals surface area contributed by atoms with Gasteiger partial charge in [-0.25, -0.2) is 9.37 Å². The second-order valence-electron chi connectivity index (χ2n) is 6.91. The molecule has 0 fully saturated rings. The molecule has 0 aliphatic carbocycles. The van der Waals surface area contributed by atoms with Crippen molar-refractivity contribution in [1.29, 1.82) is 0 Å². The van der Waals surface area contributed by atoms with Crippen LogP contribution in [0.4, 0.5) is 10.1 Å². The van der Waals surface area contributed by atoms with E-state index in [9.17, 15) is 14.0 Å². The predicted octanol–water partition coefficient (Wildman–Crippen LogP) is 5.49. The second kappa shape index (κ2) is 8.82. The highest BCUT2D eigenvalue weighted by Crippen LogP contribution is 2.32. The predicted molar refractivity (Wildman–Crippen MR) is 126 cm³/mol. The number of fused-ring (bicyclic) bond motifs is 1. The van der Waals surface area contributed by atoms with E-state index >= 15 is 0 Å². The normalized spacial score (nSPS) is 11.1. The molecule has 0 saturated heterocycles. The first-order valence-corrected chi connectivity index (χ1v) is 11.5. The van der Waals surface area contributed by atoms with Gasteiger partial charge in [0.05, 0.1) is 17.0 Å². The fourth-order valence-corrected chi connectivity index (χ4v) is 4.91. The summed E-state index contributed by atoms with van der Waals surface area (Å²) < 4.78 is 15.9. The average Bonchev–Trinajstić information content (AvgIpc) is 3.16. The molecule has 1 N–H and O–H groups in total. The molecule has 4 rings (SSSR count). The van der Waals surface area contributed by atoms with E-state index < -0.39 is 11.7 Å². The Morgan fingerprint density at radius 3 is 2.71 bits per heavy atom. The van der Waals surface area contributed by atoms with Crippen LogP contribution in [0.3, 0.4) is 0 Å². The van der Waals surface area contributed by atoms with E-state index in [0.717, 1.165) is 34.5 Å². The third-order valence-electron chi connectivity index (χ3n) is 4.66. The van der Waals surface area contributed by atoms with E-state index in [1.54, 1.807) is 7.05 Å². The molecule has 0 bridgehead atoms. The van der Waals surface area contributed by atoms with E-state index in [-0.39, 0.29) is 22.0 Å². The Hall–Kier alpha value is -2.68. The Balaban J connectivity index is 1.59. The van der Waals surface area contributed by atoms with Crippen LogP contribution in [0.5, 0.6) is 0 Å². The van der Waals surface area contributed by atoms with Crippen LogP contribution < -0.4 is 10.9 Å². The van der Waals surface area contributed by atoms with E-state index in [1.807, 2.05) is 36.6 Å². The number of rotatable bonds is 5. The van der Waals surface area contributed by atoms with Crippen LogP contribution in [0.15, 0.2) is 57.8 Å². The van der Waals surface area contributed by atoms with Crippen molar-refractivity contribution in [3.8, 4) is 11.1 Å². The van der Waals surface area contributed by atoms with Crippen LogP contribution in [0.25, 0.3) is 21.3 Å². The summed E-state index contributed by atoms with van der Waals surface area (Å²) in [5, 5.41) is 5.10. The summed E-state index contributed by atoms with van der Waals surface area (Å²) in [7, 11) is 1.62. The van der Waals surface area contributed by atoms with Gasteiger partial charge in [0.25, 0.3) is 5.56 Å². The molecule has 0 atom stereocenters. The van der Waals surface area contributed by atoms with Crippen LogP contribution >= 0.6 is 34.7 Å². The standard InChI is InChI=1S/C22H17ClFN3O2S2/c1-12-3-5-13(6-4-12)15-10-30-20-19(15)26-22(27(2)21(20)29)31-11-18(28)25-17-8-7-14(23)9-16(17)24/h3-10H,11H2,1-2H3,(H,25,28). The van der Waals surface area contributed by atoms with Gasteiger partial charge in [-0.15, -0.1) is 11.3 Å². The fraction of sp³-hybridized carbons (Fsp3) is 0.136. The minimum atomic E-state index is -0.612. The molecule has 0 aliphatic rings. The highest BCUT2D eigenvalue weighted by molar-refractivity contribution is 7.99. The molecule has 4 aromatic rings. The van der Waals surface area contributed by atoms with Crippen LogP contribution in [0.2, 0.25) is 5.02 Å². The molecule has 0 spiro atoms. The molecule has 2 aromatic carbocycles. The lowest BCUT2D eigenvalue weighted by molar-refractivity contribution is -0.113. The van der Waals surface area contributed by atoms with Crippen molar-refractivity contribution in [2.24, 2.45) is 7.05 Å². The number of amides is 1. The van der Waals surface area contributed by atoms with Gasteiger partial charge in [-0.1, -0.05) is 53.2 Å². The zero-order valence-corrected chi connectivity index (χ0v) is 19.0. The lowest BCUT2D eigenvalue weighted by atomic mass is 10.1. The topological polar surface area (TPSA) is 64.0 Å². The summed E-state index contributed by atoms with van der Waals surface area (Å²) in [5.41, 5.74) is 3.50.